The molecule has 0 spiro atoms. The number of likely N-dealkylation sites (N-methyl/N-ethyl adjacent to an activating group) is 1. The van der Waals surface area contributed by atoms with Crippen molar-refractivity contribution in [1.29, 1.82) is 0 Å². The number of carbonyl (C=O) groups is 3. The molecule has 25 heavy (non-hydrogen) atoms. The highest BCUT2D eigenvalue weighted by molar-refractivity contribution is 6.20. The van der Waals surface area contributed by atoms with E-state index in [1.807, 2.05) is 18.2 Å². The molecule has 5 rings (SSSR count). The molecule has 3 aliphatic rings. The molecular formula is C19H14N2O4. The fraction of sp³-hybridized carbons (Fsp3) is 0.211. The van der Waals surface area contributed by atoms with E-state index in [1.54, 1.807) is 36.4 Å². The number of amides is 2. The maximum Gasteiger partial charge on any atom is 0.261 e. The third-order valence-electron chi connectivity index (χ3n) is 5.39. The van der Waals surface area contributed by atoms with Crippen LogP contribution in [0.25, 0.3) is 0 Å². The van der Waals surface area contributed by atoms with E-state index in [0.717, 1.165) is 4.90 Å². The summed E-state index contributed by atoms with van der Waals surface area (Å²) in [6, 6.07) is 16.2. The molecule has 2 amide bonds. The molecule has 0 aromatic heterocycles. The van der Waals surface area contributed by atoms with Crippen molar-refractivity contribution in [2.45, 2.75) is 11.6 Å². The van der Waals surface area contributed by atoms with Crippen LogP contribution in [0.1, 0.15) is 15.9 Å². The average molecular weight is 334 g/mol. The first-order valence-corrected chi connectivity index (χ1v) is 8.06. The molecule has 0 radical (unpaired) electrons. The van der Waals surface area contributed by atoms with Crippen LogP contribution in [0, 0.1) is 5.92 Å². The van der Waals surface area contributed by atoms with Crippen molar-refractivity contribution in [1.82, 2.24) is 4.90 Å². The summed E-state index contributed by atoms with van der Waals surface area (Å²) in [4.78, 5) is 45.8. The van der Waals surface area contributed by atoms with Crippen molar-refractivity contribution in [2.75, 3.05) is 12.1 Å². The van der Waals surface area contributed by atoms with Gasteiger partial charge in [-0.05, 0) is 17.7 Å². The molecule has 0 N–H and O–H groups in total. The molecule has 0 aliphatic carbocycles. The van der Waals surface area contributed by atoms with Gasteiger partial charge in [-0.15, -0.1) is 0 Å². The number of ketones is 1. The summed E-state index contributed by atoms with van der Waals surface area (Å²) in [5, 5.41) is 1.48. The van der Waals surface area contributed by atoms with E-state index in [4.69, 9.17) is 4.84 Å². The number of benzene rings is 2. The number of para-hydroxylation sites is 1. The van der Waals surface area contributed by atoms with Gasteiger partial charge in [0.05, 0.1) is 5.69 Å². The Balaban J connectivity index is 1.82. The predicted molar refractivity (Wildman–Crippen MR) is 87.5 cm³/mol. The quantitative estimate of drug-likeness (QED) is 0.740. The van der Waals surface area contributed by atoms with Crippen LogP contribution in [0.3, 0.4) is 0 Å². The minimum absolute atomic E-state index is 0.210. The summed E-state index contributed by atoms with van der Waals surface area (Å²) in [6.07, 6.45) is -0.977. The van der Waals surface area contributed by atoms with E-state index < -0.39 is 23.5 Å². The lowest BCUT2D eigenvalue weighted by molar-refractivity contribution is -0.141. The third-order valence-corrected chi connectivity index (χ3v) is 5.39. The maximum absolute atomic E-state index is 13.5. The van der Waals surface area contributed by atoms with E-state index >= 15 is 0 Å². The molecule has 2 aromatic rings. The molecule has 2 aromatic carbocycles. The van der Waals surface area contributed by atoms with Crippen LogP contribution >= 0.6 is 0 Å². The van der Waals surface area contributed by atoms with Gasteiger partial charge in [-0.1, -0.05) is 42.5 Å². The lowest BCUT2D eigenvalue weighted by atomic mass is 9.74. The second kappa shape index (κ2) is 4.55. The lowest BCUT2D eigenvalue weighted by Gasteiger charge is -2.33. The molecule has 3 heterocycles. The lowest BCUT2D eigenvalue weighted by Crippen LogP contribution is -2.50. The molecule has 0 bridgehead atoms. The van der Waals surface area contributed by atoms with E-state index in [0.29, 0.717) is 16.8 Å². The largest absolute Gasteiger partial charge is 0.291 e. The summed E-state index contributed by atoms with van der Waals surface area (Å²) in [7, 11) is 1.43. The third kappa shape index (κ3) is 1.46. The highest BCUT2D eigenvalue weighted by Crippen LogP contribution is 2.57. The van der Waals surface area contributed by atoms with Crippen molar-refractivity contribution >= 4 is 23.3 Å². The van der Waals surface area contributed by atoms with Gasteiger partial charge in [0.15, 0.2) is 17.4 Å². The first-order chi connectivity index (χ1) is 12.1. The summed E-state index contributed by atoms with van der Waals surface area (Å²) in [5.41, 5.74) is 0.404. The molecular weight excluding hydrogens is 320 g/mol. The minimum atomic E-state index is -1.34. The minimum Gasteiger partial charge on any atom is -0.291 e. The molecule has 124 valence electrons. The number of hydroxylamine groups is 1. The fourth-order valence-corrected chi connectivity index (χ4v) is 4.26. The van der Waals surface area contributed by atoms with E-state index in [-0.39, 0.29) is 11.7 Å². The standard InChI is InChI=1S/C19H14N2O4/c1-20-17(23)14-15(18(20)24)25-21-13-10-6-5-9-12(13)16(22)19(14,21)11-7-3-2-4-8-11/h2-10,14-15H,1H3/t14?,15?,19-/m1/s1. The first kappa shape index (κ1) is 14.4. The Kier molecular flexibility index (Phi) is 2.61. The monoisotopic (exact) mass is 334 g/mol. The molecule has 2 fully saturated rings. The maximum atomic E-state index is 13.5. The number of nitrogens with zero attached hydrogens (tertiary/aromatic N) is 2. The van der Waals surface area contributed by atoms with Gasteiger partial charge in [-0.2, -0.15) is 0 Å². The summed E-state index contributed by atoms with van der Waals surface area (Å²) < 4.78 is 0. The Morgan fingerprint density at radius 1 is 0.920 bits per heavy atom. The first-order valence-electron chi connectivity index (χ1n) is 8.06. The number of carbonyl (C=O) groups excluding carboxylic acids is 3. The van der Waals surface area contributed by atoms with E-state index in [9.17, 15) is 14.4 Å². The fourth-order valence-electron chi connectivity index (χ4n) is 4.26. The normalized spacial score (nSPS) is 29.9. The van der Waals surface area contributed by atoms with Crippen LogP contribution in [0.2, 0.25) is 0 Å². The van der Waals surface area contributed by atoms with Crippen LogP contribution in [-0.4, -0.2) is 35.6 Å². The van der Waals surface area contributed by atoms with Gasteiger partial charge in [0, 0.05) is 12.6 Å². The summed E-state index contributed by atoms with van der Waals surface area (Å²) in [5.74, 6) is -1.90. The molecule has 0 saturated carbocycles. The molecule has 3 atom stereocenters. The van der Waals surface area contributed by atoms with Crippen LogP contribution in [0.4, 0.5) is 5.69 Å². The summed E-state index contributed by atoms with van der Waals surface area (Å²) >= 11 is 0. The van der Waals surface area contributed by atoms with Crippen molar-refractivity contribution in [3.8, 4) is 0 Å². The highest BCUT2D eigenvalue weighted by atomic mass is 16.7. The van der Waals surface area contributed by atoms with Crippen molar-refractivity contribution in [2.24, 2.45) is 5.92 Å². The zero-order chi connectivity index (χ0) is 17.3. The topological polar surface area (TPSA) is 66.9 Å². The Bertz CT molecular complexity index is 941. The zero-order valence-corrected chi connectivity index (χ0v) is 13.4. The molecule has 6 heteroatoms. The summed E-state index contributed by atoms with van der Waals surface area (Å²) in [6.45, 7) is 0. The zero-order valence-electron chi connectivity index (χ0n) is 13.4. The Labute approximate surface area is 143 Å². The average Bonchev–Trinajstić information content (AvgIpc) is 3.20. The number of imide groups is 1. The van der Waals surface area contributed by atoms with Crippen LogP contribution in [0.5, 0.6) is 0 Å². The van der Waals surface area contributed by atoms with Crippen molar-refractivity contribution in [3.05, 3.63) is 65.7 Å². The SMILES string of the molecule is CN1C(=O)C2ON3c4ccccc4C(=O)[C@@]3(c3ccccc3)C2C1=O. The van der Waals surface area contributed by atoms with Gasteiger partial charge in [0.1, 0.15) is 5.92 Å². The van der Waals surface area contributed by atoms with Gasteiger partial charge in [0.2, 0.25) is 5.91 Å². The number of hydrogen-bond acceptors (Lipinski definition) is 5. The number of hydrogen-bond donors (Lipinski definition) is 0. The predicted octanol–water partition coefficient (Wildman–Crippen LogP) is 1.51. The molecule has 6 nitrogen and oxygen atoms in total. The van der Waals surface area contributed by atoms with Crippen molar-refractivity contribution in [3.63, 3.8) is 0 Å². The van der Waals surface area contributed by atoms with E-state index in [2.05, 4.69) is 0 Å². The molecule has 3 aliphatic heterocycles. The van der Waals surface area contributed by atoms with Gasteiger partial charge in [0.25, 0.3) is 5.91 Å². The molecule has 2 saturated heterocycles. The number of anilines is 1. The van der Waals surface area contributed by atoms with Gasteiger partial charge in [-0.25, -0.2) is 5.06 Å². The van der Waals surface area contributed by atoms with Gasteiger partial charge >= 0.3 is 0 Å². The smallest absolute Gasteiger partial charge is 0.261 e. The Morgan fingerprint density at radius 3 is 2.36 bits per heavy atom. The van der Waals surface area contributed by atoms with Crippen LogP contribution in [-0.2, 0) is 20.0 Å². The van der Waals surface area contributed by atoms with Crippen LogP contribution in [0.15, 0.2) is 54.6 Å². The van der Waals surface area contributed by atoms with E-state index in [1.165, 1.54) is 12.1 Å². The number of Topliss-reactive ketones (excluding diaryl/α,β-unsaturated/α-hetero) is 1. The second-order valence-electron chi connectivity index (χ2n) is 6.51. The second-order valence-corrected chi connectivity index (χ2v) is 6.51. The highest BCUT2D eigenvalue weighted by Gasteiger charge is 2.72. The van der Waals surface area contributed by atoms with Crippen LogP contribution < -0.4 is 5.06 Å². The number of rotatable bonds is 1. The van der Waals surface area contributed by atoms with Crippen molar-refractivity contribution < 1.29 is 19.2 Å². The Morgan fingerprint density at radius 2 is 1.60 bits per heavy atom. The number of likely N-dealkylation sites (tertiary alicyclic amines) is 1. The van der Waals surface area contributed by atoms with Gasteiger partial charge < -0.3 is 0 Å². The Hall–Kier alpha value is -2.99. The number of fused-ring (bicyclic) bond motifs is 5. The van der Waals surface area contributed by atoms with Gasteiger partial charge in [-0.3, -0.25) is 24.1 Å². The molecule has 2 unspecified atom stereocenters.